The molecule has 30 heavy (non-hydrogen) atoms. The Morgan fingerprint density at radius 3 is 2.53 bits per heavy atom. The molecule has 1 unspecified atom stereocenters. The summed E-state index contributed by atoms with van der Waals surface area (Å²) in [6.07, 6.45) is 1.94. The number of benzene rings is 2. The van der Waals surface area contributed by atoms with Gasteiger partial charge in [0.1, 0.15) is 5.75 Å². The van der Waals surface area contributed by atoms with Crippen molar-refractivity contribution in [1.82, 2.24) is 9.88 Å². The zero-order valence-electron chi connectivity index (χ0n) is 16.6. The first-order valence-electron chi connectivity index (χ1n) is 9.95. The number of aromatic nitrogens is 1. The van der Waals surface area contributed by atoms with Crippen molar-refractivity contribution >= 4 is 33.1 Å². The van der Waals surface area contributed by atoms with Crippen LogP contribution in [0, 0.1) is 0 Å². The average molecular weight is 432 g/mol. The van der Waals surface area contributed by atoms with E-state index < -0.39 is 6.61 Å². The number of thiazole rings is 1. The predicted molar refractivity (Wildman–Crippen MR) is 114 cm³/mol. The van der Waals surface area contributed by atoms with Crippen LogP contribution in [0.2, 0.25) is 0 Å². The predicted octanol–water partition coefficient (Wildman–Crippen LogP) is 5.10. The van der Waals surface area contributed by atoms with Crippen LogP contribution < -0.4 is 10.1 Å². The van der Waals surface area contributed by atoms with Crippen LogP contribution in [0.4, 0.5) is 14.5 Å². The van der Waals surface area contributed by atoms with Crippen LogP contribution in [0.25, 0.3) is 10.2 Å². The summed E-state index contributed by atoms with van der Waals surface area (Å²) in [5.41, 5.74) is 1.61. The molecule has 1 atom stereocenters. The number of nitrogens with one attached hydrogen (secondary N) is 1. The number of para-hydroxylation sites is 1. The van der Waals surface area contributed by atoms with Crippen molar-refractivity contribution in [1.29, 1.82) is 0 Å². The Labute approximate surface area is 177 Å². The largest absolute Gasteiger partial charge is 0.435 e. The van der Waals surface area contributed by atoms with E-state index in [0.29, 0.717) is 11.6 Å². The highest BCUT2D eigenvalue weighted by atomic mass is 32.1. The van der Waals surface area contributed by atoms with Crippen LogP contribution in [-0.4, -0.2) is 41.5 Å². The number of likely N-dealkylation sites (tertiary alicyclic amines) is 1. The van der Waals surface area contributed by atoms with Gasteiger partial charge in [-0.25, -0.2) is 4.98 Å². The van der Waals surface area contributed by atoms with Crippen molar-refractivity contribution < 1.29 is 18.3 Å². The topological polar surface area (TPSA) is 54.5 Å². The molecule has 1 aliphatic rings. The van der Waals surface area contributed by atoms with E-state index in [1.165, 1.54) is 21.8 Å². The van der Waals surface area contributed by atoms with E-state index in [9.17, 15) is 13.6 Å². The maximum absolute atomic E-state index is 12.6. The highest BCUT2D eigenvalue weighted by Gasteiger charge is 2.28. The molecule has 0 radical (unpaired) electrons. The summed E-state index contributed by atoms with van der Waals surface area (Å²) in [6, 6.07) is 13.8. The van der Waals surface area contributed by atoms with Gasteiger partial charge in [-0.2, -0.15) is 8.78 Å². The van der Waals surface area contributed by atoms with E-state index in [4.69, 9.17) is 4.98 Å². The molecule has 1 saturated heterocycles. The molecule has 8 heteroatoms. The molecule has 2 heterocycles. The van der Waals surface area contributed by atoms with Crippen molar-refractivity contribution in [3.05, 3.63) is 53.5 Å². The smallest absolute Gasteiger partial charge is 0.387 e. The van der Waals surface area contributed by atoms with Crippen LogP contribution in [0.3, 0.4) is 0 Å². The van der Waals surface area contributed by atoms with Crippen LogP contribution in [0.1, 0.15) is 30.7 Å². The molecule has 4 rings (SSSR count). The van der Waals surface area contributed by atoms with Gasteiger partial charge in [0.2, 0.25) is 5.91 Å². The van der Waals surface area contributed by atoms with Crippen molar-refractivity contribution in [3.63, 3.8) is 0 Å². The highest BCUT2D eigenvalue weighted by Crippen LogP contribution is 2.34. The Balaban J connectivity index is 1.31. The van der Waals surface area contributed by atoms with Gasteiger partial charge in [-0.05, 0) is 69.3 Å². The third kappa shape index (κ3) is 4.76. The molecule has 1 N–H and O–H groups in total. The Kier molecular flexibility index (Phi) is 6.24. The number of ether oxygens (including phenoxy) is 1. The van der Waals surface area contributed by atoms with Gasteiger partial charge in [0.25, 0.3) is 0 Å². The number of fused-ring (bicyclic) bond motifs is 1. The second-order valence-electron chi connectivity index (χ2n) is 7.40. The van der Waals surface area contributed by atoms with Crippen LogP contribution in [0.5, 0.6) is 5.75 Å². The molecule has 0 aliphatic carbocycles. The fourth-order valence-corrected chi connectivity index (χ4v) is 4.87. The van der Waals surface area contributed by atoms with Crippen LogP contribution >= 0.6 is 11.3 Å². The van der Waals surface area contributed by atoms with Gasteiger partial charge in [0.15, 0.2) is 0 Å². The maximum Gasteiger partial charge on any atom is 0.387 e. The standard InChI is InChI=1S/C22H23F2N3O2S/c1-14(20(28)25-16-6-8-17(9-7-16)29-22(23)24)27-12-10-15(11-13-27)21-26-18-4-2-3-5-19(18)30-21/h2-9,14-15,22H,10-13H2,1H3,(H,25,28). The summed E-state index contributed by atoms with van der Waals surface area (Å²) in [5.74, 6) is 0.375. The van der Waals surface area contributed by atoms with Gasteiger partial charge in [0, 0.05) is 11.6 Å². The molecule has 1 fully saturated rings. The van der Waals surface area contributed by atoms with E-state index in [-0.39, 0.29) is 17.7 Å². The summed E-state index contributed by atoms with van der Waals surface area (Å²) in [5, 5.41) is 4.03. The Hall–Kier alpha value is -2.58. The molecule has 1 aliphatic heterocycles. The Bertz CT molecular complexity index is 968. The fourth-order valence-electron chi connectivity index (χ4n) is 3.73. The quantitative estimate of drug-likeness (QED) is 0.590. The molecule has 158 valence electrons. The summed E-state index contributed by atoms with van der Waals surface area (Å²) >= 11 is 1.76. The Morgan fingerprint density at radius 2 is 1.87 bits per heavy atom. The minimum Gasteiger partial charge on any atom is -0.435 e. The zero-order chi connectivity index (χ0) is 21.1. The van der Waals surface area contributed by atoms with E-state index in [1.54, 1.807) is 23.5 Å². The number of amides is 1. The van der Waals surface area contributed by atoms with Crippen LogP contribution in [-0.2, 0) is 4.79 Å². The molecule has 0 spiro atoms. The van der Waals surface area contributed by atoms with Crippen molar-refractivity contribution in [2.24, 2.45) is 0 Å². The molecular formula is C22H23F2N3O2S. The normalized spacial score (nSPS) is 16.7. The second kappa shape index (κ2) is 9.06. The van der Waals surface area contributed by atoms with Gasteiger partial charge in [-0.3, -0.25) is 9.69 Å². The number of nitrogens with zero attached hydrogens (tertiary/aromatic N) is 2. The average Bonchev–Trinajstić information content (AvgIpc) is 3.18. The lowest BCUT2D eigenvalue weighted by Crippen LogP contribution is -2.45. The monoisotopic (exact) mass is 431 g/mol. The summed E-state index contributed by atoms with van der Waals surface area (Å²) in [6.45, 7) is 0.685. The first-order chi connectivity index (χ1) is 14.5. The van der Waals surface area contributed by atoms with E-state index in [1.807, 2.05) is 25.1 Å². The lowest BCUT2D eigenvalue weighted by molar-refractivity contribution is -0.121. The third-order valence-corrected chi connectivity index (χ3v) is 6.66. The lowest BCUT2D eigenvalue weighted by Gasteiger charge is -2.34. The first-order valence-corrected chi connectivity index (χ1v) is 10.8. The number of anilines is 1. The molecular weight excluding hydrogens is 408 g/mol. The highest BCUT2D eigenvalue weighted by molar-refractivity contribution is 7.18. The summed E-state index contributed by atoms with van der Waals surface area (Å²) < 4.78 is 30.0. The minimum atomic E-state index is -2.86. The summed E-state index contributed by atoms with van der Waals surface area (Å²) in [7, 11) is 0. The lowest BCUT2D eigenvalue weighted by atomic mass is 9.96. The zero-order valence-corrected chi connectivity index (χ0v) is 17.4. The van der Waals surface area contributed by atoms with Gasteiger partial charge in [-0.15, -0.1) is 11.3 Å². The van der Waals surface area contributed by atoms with E-state index >= 15 is 0 Å². The van der Waals surface area contributed by atoms with Crippen LogP contribution in [0.15, 0.2) is 48.5 Å². The number of hydrogen-bond donors (Lipinski definition) is 1. The van der Waals surface area contributed by atoms with E-state index in [2.05, 4.69) is 21.0 Å². The minimum absolute atomic E-state index is 0.0629. The van der Waals surface area contributed by atoms with Gasteiger partial charge >= 0.3 is 6.61 Å². The molecule has 3 aromatic rings. The van der Waals surface area contributed by atoms with Gasteiger partial charge in [-0.1, -0.05) is 12.1 Å². The van der Waals surface area contributed by atoms with E-state index in [0.717, 1.165) is 31.4 Å². The molecule has 0 saturated carbocycles. The number of hydrogen-bond acceptors (Lipinski definition) is 5. The van der Waals surface area contributed by atoms with Crippen molar-refractivity contribution in [2.45, 2.75) is 38.3 Å². The molecule has 2 aromatic carbocycles. The number of piperidine rings is 1. The number of carbonyl (C=O) groups excluding carboxylic acids is 1. The number of rotatable bonds is 6. The van der Waals surface area contributed by atoms with Crippen molar-refractivity contribution in [2.75, 3.05) is 18.4 Å². The SMILES string of the molecule is CC(C(=O)Nc1ccc(OC(F)F)cc1)N1CCC(c2nc3ccccc3s2)CC1. The van der Waals surface area contributed by atoms with Gasteiger partial charge in [0.05, 0.1) is 21.3 Å². The third-order valence-electron chi connectivity index (χ3n) is 5.46. The summed E-state index contributed by atoms with van der Waals surface area (Å²) in [4.78, 5) is 19.6. The molecule has 1 aromatic heterocycles. The molecule has 1 amide bonds. The number of halogens is 2. The second-order valence-corrected chi connectivity index (χ2v) is 8.46. The molecule has 0 bridgehead atoms. The van der Waals surface area contributed by atoms with Gasteiger partial charge < -0.3 is 10.1 Å². The number of alkyl halides is 2. The fraction of sp³-hybridized carbons (Fsp3) is 0.364. The Morgan fingerprint density at radius 1 is 1.17 bits per heavy atom. The molecule has 5 nitrogen and oxygen atoms in total. The maximum atomic E-state index is 12.6. The van der Waals surface area contributed by atoms with Crippen molar-refractivity contribution in [3.8, 4) is 5.75 Å². The first kappa shape index (κ1) is 20.7. The number of carbonyl (C=O) groups is 1.